The number of hydrogen-bond donors (Lipinski definition) is 1. The lowest BCUT2D eigenvalue weighted by Gasteiger charge is -2.14. The van der Waals surface area contributed by atoms with Crippen LogP contribution in [0.5, 0.6) is 5.75 Å². The summed E-state index contributed by atoms with van der Waals surface area (Å²) in [6.45, 7) is 0. The largest absolute Gasteiger partial charge is 0.507 e. The highest BCUT2D eigenvalue weighted by Gasteiger charge is 2.21. The second-order valence-electron chi connectivity index (χ2n) is 11.1. The summed E-state index contributed by atoms with van der Waals surface area (Å²) in [6.07, 6.45) is 1.83. The Morgan fingerprint density at radius 3 is 2.22 bits per heavy atom. The molecule has 0 atom stereocenters. The number of rotatable bonds is 4. The highest BCUT2D eigenvalue weighted by atomic mass is 16.3. The third-order valence-electron chi connectivity index (χ3n) is 8.35. The van der Waals surface area contributed by atoms with Crippen LogP contribution >= 0.6 is 0 Å². The molecule has 0 saturated heterocycles. The zero-order valence-corrected chi connectivity index (χ0v) is 23.9. The Morgan fingerprint density at radius 2 is 1.33 bits per heavy atom. The van der Waals surface area contributed by atoms with Crippen LogP contribution in [0.3, 0.4) is 0 Å². The summed E-state index contributed by atoms with van der Waals surface area (Å²) in [7, 11) is 0. The van der Waals surface area contributed by atoms with Gasteiger partial charge in [0.25, 0.3) is 0 Å². The molecule has 9 rings (SSSR count). The Kier molecular flexibility index (Phi) is 5.55. The van der Waals surface area contributed by atoms with Crippen molar-refractivity contribution < 1.29 is 9.52 Å². The summed E-state index contributed by atoms with van der Waals surface area (Å²) in [5.41, 5.74) is 9.05. The van der Waals surface area contributed by atoms with E-state index in [1.54, 1.807) is 12.1 Å². The van der Waals surface area contributed by atoms with Crippen LogP contribution in [0.1, 0.15) is 0 Å². The van der Waals surface area contributed by atoms with Crippen LogP contribution < -0.4 is 0 Å². The van der Waals surface area contributed by atoms with Crippen molar-refractivity contribution in [2.75, 3.05) is 0 Å². The highest BCUT2D eigenvalue weighted by molar-refractivity contribution is 6.09. The van der Waals surface area contributed by atoms with Crippen molar-refractivity contribution in [3.8, 4) is 45.2 Å². The van der Waals surface area contributed by atoms with Gasteiger partial charge in [0.15, 0.2) is 11.4 Å². The molecule has 6 heteroatoms. The minimum atomic E-state index is 0.116. The van der Waals surface area contributed by atoms with Gasteiger partial charge in [-0.05, 0) is 71.8 Å². The molecule has 0 aliphatic carbocycles. The van der Waals surface area contributed by atoms with Gasteiger partial charge in [-0.2, -0.15) is 0 Å². The van der Waals surface area contributed by atoms with E-state index < -0.39 is 0 Å². The predicted molar refractivity (Wildman–Crippen MR) is 179 cm³/mol. The van der Waals surface area contributed by atoms with Gasteiger partial charge in [-0.15, -0.1) is 0 Å². The monoisotopic (exact) mass is 580 g/mol. The van der Waals surface area contributed by atoms with E-state index in [2.05, 4.69) is 65.2 Å². The fraction of sp³-hybridized carbons (Fsp3) is 0. The molecule has 0 radical (unpaired) electrons. The lowest BCUT2D eigenvalue weighted by molar-refractivity contribution is 0.477. The molecule has 1 N–H and O–H groups in total. The number of furan rings is 1. The maximum atomic E-state index is 10.8. The number of phenols is 1. The Morgan fingerprint density at radius 1 is 0.600 bits per heavy atom. The van der Waals surface area contributed by atoms with E-state index in [1.165, 1.54) is 0 Å². The van der Waals surface area contributed by atoms with Crippen LogP contribution in [0.2, 0.25) is 0 Å². The average Bonchev–Trinajstić information content (AvgIpc) is 3.64. The second-order valence-corrected chi connectivity index (χ2v) is 11.1. The molecular weight excluding hydrogens is 556 g/mol. The first kappa shape index (κ1) is 25.2. The molecule has 0 spiro atoms. The minimum Gasteiger partial charge on any atom is -0.507 e. The van der Waals surface area contributed by atoms with Gasteiger partial charge >= 0.3 is 0 Å². The molecule has 0 saturated carbocycles. The maximum Gasteiger partial charge on any atom is 0.180 e. The summed E-state index contributed by atoms with van der Waals surface area (Å²) >= 11 is 0. The number of aromatic nitrogens is 4. The Hall–Kier alpha value is -6.27. The number of aromatic hydroxyl groups is 1. The second kappa shape index (κ2) is 9.89. The number of nitrogens with zero attached hydrogens (tertiary/aromatic N) is 4. The Balaban J connectivity index is 1.40. The van der Waals surface area contributed by atoms with Crippen molar-refractivity contribution in [3.05, 3.63) is 140 Å². The molecule has 45 heavy (non-hydrogen) atoms. The number of hydrogen-bond acceptors (Lipinski definition) is 5. The third kappa shape index (κ3) is 4.00. The predicted octanol–water partition coefficient (Wildman–Crippen LogP) is 9.57. The fourth-order valence-corrected chi connectivity index (χ4v) is 6.30. The van der Waals surface area contributed by atoms with Crippen molar-refractivity contribution in [2.24, 2.45) is 0 Å². The van der Waals surface area contributed by atoms with Crippen LogP contribution in [0, 0.1) is 0 Å². The summed E-state index contributed by atoms with van der Waals surface area (Å²) in [5, 5.41) is 13.9. The average molecular weight is 581 g/mol. The maximum absolute atomic E-state index is 10.8. The van der Waals surface area contributed by atoms with E-state index in [4.69, 9.17) is 19.4 Å². The van der Waals surface area contributed by atoms with Gasteiger partial charge in [-0.1, -0.05) is 72.8 Å². The van der Waals surface area contributed by atoms with E-state index in [0.29, 0.717) is 28.2 Å². The van der Waals surface area contributed by atoms with Gasteiger partial charge in [0.05, 0.1) is 11.1 Å². The van der Waals surface area contributed by atoms with Crippen LogP contribution in [0.25, 0.3) is 83.5 Å². The summed E-state index contributed by atoms with van der Waals surface area (Å²) in [4.78, 5) is 14.9. The summed E-state index contributed by atoms with van der Waals surface area (Å²) in [6, 6.07) is 44.3. The van der Waals surface area contributed by atoms with E-state index in [9.17, 15) is 5.11 Å². The van der Waals surface area contributed by atoms with E-state index >= 15 is 0 Å². The first-order chi connectivity index (χ1) is 22.2. The van der Waals surface area contributed by atoms with Crippen molar-refractivity contribution in [3.63, 3.8) is 0 Å². The first-order valence-corrected chi connectivity index (χ1v) is 14.8. The quantitative estimate of drug-likeness (QED) is 0.224. The molecule has 0 aliphatic heterocycles. The number of pyridine rings is 1. The zero-order valence-electron chi connectivity index (χ0n) is 23.9. The van der Waals surface area contributed by atoms with E-state index in [-0.39, 0.29) is 5.75 Å². The van der Waals surface area contributed by atoms with Crippen LogP contribution in [-0.4, -0.2) is 24.6 Å². The van der Waals surface area contributed by atoms with Gasteiger partial charge in [0.1, 0.15) is 28.2 Å². The normalized spacial score (nSPS) is 11.6. The van der Waals surface area contributed by atoms with Gasteiger partial charge in [0, 0.05) is 33.6 Å². The van der Waals surface area contributed by atoms with E-state index in [0.717, 1.165) is 55.3 Å². The number of para-hydroxylation sites is 3. The van der Waals surface area contributed by atoms with Crippen LogP contribution in [0.4, 0.5) is 0 Å². The van der Waals surface area contributed by atoms with Crippen molar-refractivity contribution >= 4 is 44.0 Å². The lowest BCUT2D eigenvalue weighted by atomic mass is 9.99. The lowest BCUT2D eigenvalue weighted by Crippen LogP contribution is -1.99. The Labute approximate surface area is 257 Å². The van der Waals surface area contributed by atoms with Gasteiger partial charge < -0.3 is 9.52 Å². The minimum absolute atomic E-state index is 0.116. The highest BCUT2D eigenvalue weighted by Crippen LogP contribution is 2.40. The molecule has 4 aromatic heterocycles. The molecule has 5 aromatic carbocycles. The van der Waals surface area contributed by atoms with Gasteiger partial charge in [-0.3, -0.25) is 4.57 Å². The number of phenolic OH excluding ortho intramolecular Hbond substituents is 1. The van der Waals surface area contributed by atoms with Crippen molar-refractivity contribution in [1.29, 1.82) is 0 Å². The van der Waals surface area contributed by atoms with Crippen LogP contribution in [-0.2, 0) is 0 Å². The molecule has 0 amide bonds. The smallest absolute Gasteiger partial charge is 0.180 e. The third-order valence-corrected chi connectivity index (χ3v) is 8.35. The van der Waals surface area contributed by atoms with E-state index in [1.807, 2.05) is 66.9 Å². The van der Waals surface area contributed by atoms with Crippen molar-refractivity contribution in [2.45, 2.75) is 0 Å². The molecule has 4 heterocycles. The molecule has 9 aromatic rings. The SMILES string of the molecule is Oc1ccccc1-c1nc(-c2cc(-c3ccccc3)cc(-n3c4ccccc4c4cccnc43)c2)c2oc3ccccc3c2n1. The summed E-state index contributed by atoms with van der Waals surface area (Å²) < 4.78 is 8.68. The van der Waals surface area contributed by atoms with Gasteiger partial charge in [0.2, 0.25) is 0 Å². The van der Waals surface area contributed by atoms with Crippen molar-refractivity contribution in [1.82, 2.24) is 19.5 Å². The fourth-order valence-electron chi connectivity index (χ4n) is 6.30. The molecule has 212 valence electrons. The van der Waals surface area contributed by atoms with Crippen LogP contribution in [0.15, 0.2) is 144 Å². The molecule has 6 nitrogen and oxygen atoms in total. The Bertz CT molecular complexity index is 2510. The van der Waals surface area contributed by atoms with Gasteiger partial charge in [-0.25, -0.2) is 15.0 Å². The molecular formula is C39H24N4O2. The molecule has 0 unspecified atom stereocenters. The summed E-state index contributed by atoms with van der Waals surface area (Å²) in [5.74, 6) is 0.540. The zero-order chi connectivity index (χ0) is 29.9. The molecule has 0 fully saturated rings. The number of benzene rings is 5. The molecule has 0 aliphatic rings. The molecule has 0 bridgehead atoms. The standard InChI is InChI=1S/C39H24N4O2/c44-33-18-8-5-14-30(33)38-41-35(37-36(42-38)31-15-6-9-19-34(31)45-37)26-21-25(24-11-2-1-3-12-24)22-27(23-26)43-32-17-7-4-13-28(32)29-16-10-20-40-39(29)43/h1-23,44H. The number of fused-ring (bicyclic) bond motifs is 6. The first-order valence-electron chi connectivity index (χ1n) is 14.8. The topological polar surface area (TPSA) is 77.0 Å².